The Morgan fingerprint density at radius 2 is 1.65 bits per heavy atom. The quantitative estimate of drug-likeness (QED) is 0.155. The van der Waals surface area contributed by atoms with Gasteiger partial charge in [-0.25, -0.2) is 4.98 Å². The Hall–Kier alpha value is -5.26. The van der Waals surface area contributed by atoms with Crippen LogP contribution < -0.4 is 15.4 Å². The van der Waals surface area contributed by atoms with Gasteiger partial charge in [-0.15, -0.1) is 0 Å². The minimum absolute atomic E-state index is 0.00171. The van der Waals surface area contributed by atoms with E-state index in [1.165, 1.54) is 6.20 Å². The zero-order chi connectivity index (χ0) is 37.6. The predicted molar refractivity (Wildman–Crippen MR) is 174 cm³/mol. The van der Waals surface area contributed by atoms with Crippen LogP contribution in [0.2, 0.25) is 5.02 Å². The van der Waals surface area contributed by atoms with Crippen molar-refractivity contribution in [3.63, 3.8) is 0 Å². The van der Waals surface area contributed by atoms with Crippen LogP contribution in [0.4, 0.5) is 49.5 Å². The van der Waals surface area contributed by atoms with Gasteiger partial charge >= 0.3 is 23.9 Å². The number of ketones is 2. The highest BCUT2D eigenvalue weighted by molar-refractivity contribution is 6.41. The standard InChI is InChI=1S/C29H30ClN7O3.C4F6O2/c1-18-24(16-33-40-18)28(38)37-9-6-19(7-10-37)8-11-39-26-5-4-22-13-21(26)3-2-20-12-23(15-31-14-20)35-29-32-17-25(30)27(34-22)36-29;5-3(6,7)1(11)2(12)4(8,9)10/h4-5,12-17,19H,2-3,6-11H2,1H3,(H2,32,34,35,36);. The molecule has 2 aliphatic rings. The fourth-order valence-electron chi connectivity index (χ4n) is 5.44. The van der Waals surface area contributed by atoms with E-state index in [0.29, 0.717) is 40.6 Å². The first-order valence-electron chi connectivity index (χ1n) is 15.8. The molecule has 19 heteroatoms. The molecule has 276 valence electrons. The van der Waals surface area contributed by atoms with Crippen molar-refractivity contribution in [3.05, 3.63) is 76.5 Å². The van der Waals surface area contributed by atoms with Gasteiger partial charge in [-0.05, 0) is 80.3 Å². The average molecular weight is 754 g/mol. The highest BCUT2D eigenvalue weighted by Gasteiger charge is 2.54. The summed E-state index contributed by atoms with van der Waals surface area (Å²) in [5.74, 6) is -3.92. The van der Waals surface area contributed by atoms with Crippen molar-refractivity contribution < 1.29 is 50.0 Å². The Morgan fingerprint density at radius 3 is 2.31 bits per heavy atom. The van der Waals surface area contributed by atoms with Gasteiger partial charge in [0.25, 0.3) is 5.91 Å². The number of carbonyl (C=O) groups excluding carboxylic acids is 3. The molecular weight excluding hydrogens is 724 g/mol. The van der Waals surface area contributed by atoms with Gasteiger partial charge in [0.2, 0.25) is 5.95 Å². The summed E-state index contributed by atoms with van der Waals surface area (Å²) >= 11 is 6.38. The van der Waals surface area contributed by atoms with E-state index < -0.39 is 23.9 Å². The summed E-state index contributed by atoms with van der Waals surface area (Å²) in [6.07, 6.45) is -0.401. The molecule has 0 unspecified atom stereocenters. The van der Waals surface area contributed by atoms with Crippen LogP contribution in [0.15, 0.2) is 53.6 Å². The second kappa shape index (κ2) is 16.0. The van der Waals surface area contributed by atoms with Crippen LogP contribution in [-0.2, 0) is 22.4 Å². The number of fused-ring (bicyclic) bond motifs is 6. The lowest BCUT2D eigenvalue weighted by Gasteiger charge is -2.31. The van der Waals surface area contributed by atoms with Crippen LogP contribution in [0.25, 0.3) is 0 Å². The Kier molecular flexibility index (Phi) is 11.7. The van der Waals surface area contributed by atoms with Crippen LogP contribution >= 0.6 is 11.6 Å². The number of Topliss-reactive ketones (excluding diaryl/α,β-unsaturated/α-hetero) is 2. The lowest BCUT2D eigenvalue weighted by atomic mass is 9.93. The lowest BCUT2D eigenvalue weighted by Crippen LogP contribution is -2.39. The average Bonchev–Trinajstić information content (AvgIpc) is 3.54. The second-order valence-electron chi connectivity index (χ2n) is 11.9. The number of piperidine rings is 1. The first-order chi connectivity index (χ1) is 24.6. The molecule has 5 heterocycles. The zero-order valence-electron chi connectivity index (χ0n) is 27.3. The summed E-state index contributed by atoms with van der Waals surface area (Å²) in [5, 5.41) is 10.7. The summed E-state index contributed by atoms with van der Waals surface area (Å²) in [7, 11) is 0. The molecule has 0 saturated carbocycles. The molecule has 0 atom stereocenters. The van der Waals surface area contributed by atoms with Gasteiger partial charge in [0, 0.05) is 25.0 Å². The molecule has 3 aromatic heterocycles. The number of anilines is 4. The van der Waals surface area contributed by atoms with Crippen molar-refractivity contribution in [1.82, 2.24) is 25.0 Å². The van der Waals surface area contributed by atoms with Gasteiger partial charge in [0.15, 0.2) is 5.82 Å². The molecule has 6 bridgehead atoms. The van der Waals surface area contributed by atoms with Crippen molar-refractivity contribution in [1.29, 1.82) is 0 Å². The maximum atomic E-state index is 12.7. The van der Waals surface area contributed by atoms with E-state index in [0.717, 1.165) is 73.4 Å². The number of pyridine rings is 1. The van der Waals surface area contributed by atoms with Crippen molar-refractivity contribution in [2.24, 2.45) is 5.92 Å². The normalized spacial score (nSPS) is 14.7. The van der Waals surface area contributed by atoms with E-state index in [1.54, 1.807) is 19.3 Å². The summed E-state index contributed by atoms with van der Waals surface area (Å²) in [6, 6.07) is 8.12. The third kappa shape index (κ3) is 9.74. The summed E-state index contributed by atoms with van der Waals surface area (Å²) in [4.78, 5) is 47.1. The van der Waals surface area contributed by atoms with Crippen LogP contribution in [0, 0.1) is 12.8 Å². The van der Waals surface area contributed by atoms with Gasteiger partial charge in [-0.2, -0.15) is 31.3 Å². The SMILES string of the molecule is Cc1oncc1C(=O)N1CCC(CCOc2ccc3cc2CCc2cncc(c2)Nc2ncc(Cl)c(n2)N3)CC1.O=C(C(=O)C(F)(F)F)C(F)(F)F. The first-order valence-corrected chi connectivity index (χ1v) is 16.2. The highest BCUT2D eigenvalue weighted by atomic mass is 35.5. The minimum Gasteiger partial charge on any atom is -0.493 e. The van der Waals surface area contributed by atoms with Crippen LogP contribution in [0.3, 0.4) is 0 Å². The second-order valence-corrected chi connectivity index (χ2v) is 12.3. The molecule has 2 aliphatic heterocycles. The molecule has 1 saturated heterocycles. The maximum Gasteiger partial charge on any atom is 0.458 e. The van der Waals surface area contributed by atoms with E-state index in [4.69, 9.17) is 20.9 Å². The molecule has 0 spiro atoms. The summed E-state index contributed by atoms with van der Waals surface area (Å²) in [5.41, 5.74) is 4.44. The van der Waals surface area contributed by atoms with Crippen molar-refractivity contribution in [2.45, 2.75) is 51.4 Å². The largest absolute Gasteiger partial charge is 0.493 e. The number of likely N-dealkylation sites (tertiary alicyclic amines) is 1. The molecular formula is C33H30ClF6N7O5. The predicted octanol–water partition coefficient (Wildman–Crippen LogP) is 6.98. The van der Waals surface area contributed by atoms with Gasteiger partial charge in [-0.3, -0.25) is 19.4 Å². The number of ether oxygens (including phenoxy) is 1. The van der Waals surface area contributed by atoms with E-state index in [9.17, 15) is 40.7 Å². The molecule has 2 N–H and O–H groups in total. The van der Waals surface area contributed by atoms with E-state index in [1.807, 2.05) is 23.2 Å². The minimum atomic E-state index is -5.77. The number of nitrogens with zero attached hydrogens (tertiary/aromatic N) is 5. The van der Waals surface area contributed by atoms with Crippen LogP contribution in [0.5, 0.6) is 5.75 Å². The molecule has 0 radical (unpaired) electrons. The number of amides is 1. The Labute approximate surface area is 296 Å². The summed E-state index contributed by atoms with van der Waals surface area (Å²) < 4.78 is 78.3. The molecule has 6 rings (SSSR count). The molecule has 1 aromatic carbocycles. The Balaban J connectivity index is 0.000000376. The number of halogens is 7. The van der Waals surface area contributed by atoms with Crippen molar-refractivity contribution >= 4 is 52.2 Å². The molecule has 0 aliphatic carbocycles. The van der Waals surface area contributed by atoms with Crippen LogP contribution in [-0.4, -0.2) is 74.5 Å². The number of aromatic nitrogens is 4. The van der Waals surface area contributed by atoms with Gasteiger partial charge < -0.3 is 24.8 Å². The smallest absolute Gasteiger partial charge is 0.458 e. The van der Waals surface area contributed by atoms with E-state index in [-0.39, 0.29) is 5.91 Å². The molecule has 1 fully saturated rings. The number of alkyl halides is 6. The Bertz CT molecular complexity index is 1910. The number of hydrogen-bond donors (Lipinski definition) is 2. The fraction of sp³-hybridized carbons (Fsp3) is 0.364. The van der Waals surface area contributed by atoms with Gasteiger partial charge in [0.05, 0.1) is 30.9 Å². The topological polar surface area (TPSA) is 152 Å². The number of aryl methyl sites for hydroxylation is 3. The zero-order valence-corrected chi connectivity index (χ0v) is 28.0. The lowest BCUT2D eigenvalue weighted by molar-refractivity contribution is -0.193. The Morgan fingerprint density at radius 1 is 0.942 bits per heavy atom. The van der Waals surface area contributed by atoms with E-state index in [2.05, 4.69) is 42.9 Å². The molecule has 4 aromatic rings. The number of nitrogens with one attached hydrogen (secondary N) is 2. The number of benzene rings is 1. The van der Waals surface area contributed by atoms with Gasteiger partial charge in [0.1, 0.15) is 22.1 Å². The number of rotatable bonds is 6. The van der Waals surface area contributed by atoms with Crippen molar-refractivity contribution in [2.75, 3.05) is 30.3 Å². The molecule has 1 amide bonds. The highest BCUT2D eigenvalue weighted by Crippen LogP contribution is 2.31. The maximum absolute atomic E-state index is 12.7. The fourth-order valence-corrected chi connectivity index (χ4v) is 5.58. The van der Waals surface area contributed by atoms with E-state index >= 15 is 0 Å². The third-order valence-corrected chi connectivity index (χ3v) is 8.47. The monoisotopic (exact) mass is 753 g/mol. The number of carbonyl (C=O) groups is 3. The van der Waals surface area contributed by atoms with Crippen LogP contribution in [0.1, 0.15) is 46.5 Å². The third-order valence-electron chi connectivity index (χ3n) is 8.19. The number of hydrogen-bond acceptors (Lipinski definition) is 11. The molecule has 12 nitrogen and oxygen atoms in total. The summed E-state index contributed by atoms with van der Waals surface area (Å²) in [6.45, 7) is 3.85. The first kappa shape index (κ1) is 38.0. The van der Waals surface area contributed by atoms with Crippen molar-refractivity contribution in [3.8, 4) is 5.75 Å². The van der Waals surface area contributed by atoms with Gasteiger partial charge in [-0.1, -0.05) is 16.8 Å². The molecule has 52 heavy (non-hydrogen) atoms.